The lowest BCUT2D eigenvalue weighted by Crippen LogP contribution is -2.02. The highest BCUT2D eigenvalue weighted by Gasteiger charge is 2.14. The Morgan fingerprint density at radius 1 is 1.39 bits per heavy atom. The molecule has 94 valence electrons. The molecule has 0 aliphatic carbocycles. The number of benzene rings is 1. The summed E-state index contributed by atoms with van der Waals surface area (Å²) in [5.74, 6) is -0.363. The lowest BCUT2D eigenvalue weighted by molar-refractivity contribution is 0.0480. The maximum absolute atomic E-state index is 11.4. The van der Waals surface area contributed by atoms with Crippen LogP contribution >= 0.6 is 11.8 Å². The van der Waals surface area contributed by atoms with Crippen LogP contribution in [-0.2, 0) is 4.74 Å². The van der Waals surface area contributed by atoms with Crippen LogP contribution in [0.15, 0.2) is 39.8 Å². The van der Waals surface area contributed by atoms with Crippen molar-refractivity contribution in [3.05, 3.63) is 36.1 Å². The van der Waals surface area contributed by atoms with E-state index in [1.807, 2.05) is 30.5 Å². The summed E-state index contributed by atoms with van der Waals surface area (Å²) in [7, 11) is 0. The molecule has 18 heavy (non-hydrogen) atoms. The van der Waals surface area contributed by atoms with Crippen molar-refractivity contribution in [1.29, 1.82) is 0 Å². The number of carbonyl (C=O) groups excluding carboxylic acids is 1. The summed E-state index contributed by atoms with van der Waals surface area (Å²) >= 11 is 1.67. The van der Waals surface area contributed by atoms with Crippen LogP contribution in [0.2, 0.25) is 0 Å². The van der Waals surface area contributed by atoms with Crippen molar-refractivity contribution < 1.29 is 14.1 Å². The Hall–Kier alpha value is -1.75. The van der Waals surface area contributed by atoms with E-state index < -0.39 is 5.97 Å². The molecule has 0 aliphatic heterocycles. The van der Waals surface area contributed by atoms with E-state index in [2.05, 4.69) is 5.16 Å². The van der Waals surface area contributed by atoms with E-state index in [-0.39, 0.29) is 5.76 Å². The third-order valence-corrected chi connectivity index (χ3v) is 3.12. The molecule has 0 atom stereocenters. The van der Waals surface area contributed by atoms with Gasteiger partial charge in [-0.2, -0.15) is 0 Å². The highest BCUT2D eigenvalue weighted by molar-refractivity contribution is 7.98. The third kappa shape index (κ3) is 2.73. The van der Waals surface area contributed by atoms with E-state index >= 15 is 0 Å². The van der Waals surface area contributed by atoms with Gasteiger partial charge in [-0.15, -0.1) is 11.8 Å². The van der Waals surface area contributed by atoms with Crippen molar-refractivity contribution in [2.75, 3.05) is 12.9 Å². The molecule has 1 aromatic carbocycles. The molecule has 0 radical (unpaired) electrons. The number of carbonyl (C=O) groups is 1. The molecule has 0 spiro atoms. The largest absolute Gasteiger partial charge is 0.460 e. The molecule has 5 heteroatoms. The summed E-state index contributed by atoms with van der Waals surface area (Å²) in [6, 6.07) is 9.47. The lowest BCUT2D eigenvalue weighted by atomic mass is 10.1. The Kier molecular flexibility index (Phi) is 4.04. The summed E-state index contributed by atoms with van der Waals surface area (Å²) < 4.78 is 9.80. The number of ether oxygens (including phenoxy) is 1. The molecule has 0 saturated carbocycles. The predicted molar refractivity (Wildman–Crippen MR) is 69.7 cm³/mol. The number of hydrogen-bond acceptors (Lipinski definition) is 5. The molecule has 0 fully saturated rings. The van der Waals surface area contributed by atoms with Crippen molar-refractivity contribution in [3.8, 4) is 11.3 Å². The summed E-state index contributed by atoms with van der Waals surface area (Å²) in [6.07, 6.45) is 2.02. The summed E-state index contributed by atoms with van der Waals surface area (Å²) in [5.41, 5.74) is 1.54. The van der Waals surface area contributed by atoms with Crippen molar-refractivity contribution in [2.24, 2.45) is 0 Å². The van der Waals surface area contributed by atoms with Gasteiger partial charge in [0.25, 0.3) is 0 Å². The van der Waals surface area contributed by atoms with Crippen molar-refractivity contribution in [3.63, 3.8) is 0 Å². The first-order valence-corrected chi connectivity index (χ1v) is 6.75. The SMILES string of the molecule is CCOC(=O)c1cc(-c2ccc(SC)cc2)no1. The number of aromatic nitrogens is 1. The first kappa shape index (κ1) is 12.7. The van der Waals surface area contributed by atoms with Gasteiger partial charge in [0, 0.05) is 16.5 Å². The molecular weight excluding hydrogens is 250 g/mol. The molecule has 0 saturated heterocycles. The van der Waals surface area contributed by atoms with Crippen LogP contribution < -0.4 is 0 Å². The van der Waals surface area contributed by atoms with Gasteiger partial charge >= 0.3 is 5.97 Å². The Morgan fingerprint density at radius 2 is 2.11 bits per heavy atom. The van der Waals surface area contributed by atoms with Crippen LogP contribution in [0.3, 0.4) is 0 Å². The standard InChI is InChI=1S/C13H13NO3S/c1-3-16-13(15)12-8-11(14-17-12)9-4-6-10(18-2)7-5-9/h4-8H,3H2,1-2H3. The second-order valence-electron chi connectivity index (χ2n) is 3.53. The van der Waals surface area contributed by atoms with Gasteiger partial charge in [-0.3, -0.25) is 0 Å². The van der Waals surface area contributed by atoms with Gasteiger partial charge in [-0.25, -0.2) is 4.79 Å². The monoisotopic (exact) mass is 263 g/mol. The van der Waals surface area contributed by atoms with E-state index in [4.69, 9.17) is 9.26 Å². The van der Waals surface area contributed by atoms with E-state index in [0.717, 1.165) is 5.56 Å². The van der Waals surface area contributed by atoms with Gasteiger partial charge < -0.3 is 9.26 Å². The van der Waals surface area contributed by atoms with Crippen molar-refractivity contribution in [2.45, 2.75) is 11.8 Å². The fourth-order valence-corrected chi connectivity index (χ4v) is 1.88. The van der Waals surface area contributed by atoms with Gasteiger partial charge in [-0.1, -0.05) is 17.3 Å². The van der Waals surface area contributed by atoms with E-state index in [0.29, 0.717) is 12.3 Å². The molecule has 2 rings (SSSR count). The molecular formula is C13H13NO3S. The van der Waals surface area contributed by atoms with E-state index in [9.17, 15) is 4.79 Å². The van der Waals surface area contributed by atoms with Crippen LogP contribution in [0.25, 0.3) is 11.3 Å². The zero-order valence-corrected chi connectivity index (χ0v) is 11.0. The van der Waals surface area contributed by atoms with Gasteiger partial charge in [0.15, 0.2) is 0 Å². The second kappa shape index (κ2) is 5.73. The first-order valence-electron chi connectivity index (χ1n) is 5.53. The number of hydrogen-bond donors (Lipinski definition) is 0. The number of esters is 1. The molecule has 0 bridgehead atoms. The summed E-state index contributed by atoms with van der Waals surface area (Å²) in [4.78, 5) is 12.6. The maximum Gasteiger partial charge on any atom is 0.377 e. The van der Waals surface area contributed by atoms with Crippen molar-refractivity contribution >= 4 is 17.7 Å². The van der Waals surface area contributed by atoms with Gasteiger partial charge in [0.1, 0.15) is 5.69 Å². The Balaban J connectivity index is 2.20. The van der Waals surface area contributed by atoms with Crippen LogP contribution in [0.1, 0.15) is 17.5 Å². The summed E-state index contributed by atoms with van der Waals surface area (Å²) in [5, 5.41) is 3.86. The molecule has 1 heterocycles. The fourth-order valence-electron chi connectivity index (χ4n) is 1.47. The number of thioether (sulfide) groups is 1. The first-order chi connectivity index (χ1) is 8.74. The van der Waals surface area contributed by atoms with Gasteiger partial charge in [0.2, 0.25) is 5.76 Å². The Labute approximate surface area is 109 Å². The van der Waals surface area contributed by atoms with Crippen molar-refractivity contribution in [1.82, 2.24) is 5.16 Å². The average molecular weight is 263 g/mol. The van der Waals surface area contributed by atoms with E-state index in [1.165, 1.54) is 4.90 Å². The van der Waals surface area contributed by atoms with Gasteiger partial charge in [0.05, 0.1) is 6.61 Å². The highest BCUT2D eigenvalue weighted by atomic mass is 32.2. The Bertz CT molecular complexity index is 533. The molecule has 4 nitrogen and oxygen atoms in total. The van der Waals surface area contributed by atoms with Crippen LogP contribution in [0.4, 0.5) is 0 Å². The quantitative estimate of drug-likeness (QED) is 0.626. The molecule has 0 amide bonds. The van der Waals surface area contributed by atoms with Crippen LogP contribution in [0, 0.1) is 0 Å². The minimum Gasteiger partial charge on any atom is -0.460 e. The molecule has 1 aromatic heterocycles. The maximum atomic E-state index is 11.4. The minimum atomic E-state index is -0.489. The smallest absolute Gasteiger partial charge is 0.377 e. The van der Waals surface area contributed by atoms with E-state index in [1.54, 1.807) is 24.8 Å². The molecule has 0 unspecified atom stereocenters. The zero-order valence-electron chi connectivity index (χ0n) is 10.2. The zero-order chi connectivity index (χ0) is 13.0. The normalized spacial score (nSPS) is 10.3. The second-order valence-corrected chi connectivity index (χ2v) is 4.41. The fraction of sp³-hybridized carbons (Fsp3) is 0.231. The molecule has 0 N–H and O–H groups in total. The number of rotatable bonds is 4. The van der Waals surface area contributed by atoms with Crippen LogP contribution in [-0.4, -0.2) is 24.0 Å². The lowest BCUT2D eigenvalue weighted by Gasteiger charge is -1.97. The third-order valence-electron chi connectivity index (χ3n) is 2.37. The number of nitrogens with zero attached hydrogens (tertiary/aromatic N) is 1. The topological polar surface area (TPSA) is 52.3 Å². The minimum absolute atomic E-state index is 0.126. The molecule has 2 aromatic rings. The highest BCUT2D eigenvalue weighted by Crippen LogP contribution is 2.23. The van der Waals surface area contributed by atoms with Gasteiger partial charge in [-0.05, 0) is 25.3 Å². The average Bonchev–Trinajstić information content (AvgIpc) is 2.89. The molecule has 0 aliphatic rings. The summed E-state index contributed by atoms with van der Waals surface area (Å²) in [6.45, 7) is 2.06. The Morgan fingerprint density at radius 3 is 2.72 bits per heavy atom. The predicted octanol–water partition coefficient (Wildman–Crippen LogP) is 3.24. The van der Waals surface area contributed by atoms with Crippen LogP contribution in [0.5, 0.6) is 0 Å².